The second kappa shape index (κ2) is 25.7. The van der Waals surface area contributed by atoms with Gasteiger partial charge in [0.1, 0.15) is 0 Å². The average molecular weight is 605 g/mol. The molecule has 0 heterocycles. The van der Waals surface area contributed by atoms with Gasteiger partial charge in [-0.1, -0.05) is 93.2 Å². The normalized spacial score (nSPS) is 14.5. The van der Waals surface area contributed by atoms with Gasteiger partial charge in [0, 0.05) is 0 Å². The minimum Gasteiger partial charge on any atom is -0.481 e. The van der Waals surface area contributed by atoms with Gasteiger partial charge >= 0.3 is 5.97 Å². The molecular formula is C42H68O2. The van der Waals surface area contributed by atoms with Crippen molar-refractivity contribution in [2.45, 2.75) is 159 Å². The van der Waals surface area contributed by atoms with E-state index in [0.717, 1.165) is 77.0 Å². The Kier molecular flexibility index (Phi) is 24.2. The lowest BCUT2D eigenvalue weighted by Gasteiger charge is -2.09. The molecule has 248 valence electrons. The Labute approximate surface area is 273 Å². The zero-order chi connectivity index (χ0) is 33.3. The molecule has 0 aromatic heterocycles. The van der Waals surface area contributed by atoms with E-state index in [1.165, 1.54) is 44.6 Å². The number of carbonyl (C=O) groups is 1. The summed E-state index contributed by atoms with van der Waals surface area (Å²) in [6.45, 7) is 21.8. The maximum atomic E-state index is 11.9. The van der Waals surface area contributed by atoms with E-state index in [0.29, 0.717) is 12.8 Å². The van der Waals surface area contributed by atoms with Gasteiger partial charge in [-0.2, -0.15) is 0 Å². The predicted octanol–water partition coefficient (Wildman–Crippen LogP) is 13.8. The number of rotatable bonds is 23. The standard InChI is InChI=1S/C42H68O2/c1-33(2)17-11-19-35(5)21-13-23-37(7)25-15-27-39(9)29-31-41(42(43)44)32-30-40(10)28-16-26-38(8)24-14-22-36(6)20-12-18-34(3)4/h17-18,21-22,25-26,29-30,41H,11-16,19-20,23-24,27-28,31-32H2,1-10H3,(H,43,44). The Morgan fingerprint density at radius 1 is 0.409 bits per heavy atom. The molecule has 0 rings (SSSR count). The minimum absolute atomic E-state index is 0.354. The van der Waals surface area contributed by atoms with Crippen molar-refractivity contribution < 1.29 is 9.90 Å². The summed E-state index contributed by atoms with van der Waals surface area (Å²) in [5.41, 5.74) is 11.2. The number of hydrogen-bond donors (Lipinski definition) is 1. The number of carboxylic acids is 1. The van der Waals surface area contributed by atoms with Crippen LogP contribution in [0.5, 0.6) is 0 Å². The molecule has 0 aliphatic heterocycles. The largest absolute Gasteiger partial charge is 0.481 e. The molecule has 0 aromatic rings. The van der Waals surface area contributed by atoms with Crippen LogP contribution in [0.25, 0.3) is 0 Å². The summed E-state index contributed by atoms with van der Waals surface area (Å²) in [6.07, 6.45) is 32.6. The average Bonchev–Trinajstić information content (AvgIpc) is 2.92. The third-order valence-electron chi connectivity index (χ3n) is 8.16. The fourth-order valence-corrected chi connectivity index (χ4v) is 4.96. The highest BCUT2D eigenvalue weighted by molar-refractivity contribution is 5.70. The van der Waals surface area contributed by atoms with Crippen molar-refractivity contribution in [2.24, 2.45) is 5.92 Å². The minimum atomic E-state index is -0.696. The smallest absolute Gasteiger partial charge is 0.307 e. The van der Waals surface area contributed by atoms with Crippen LogP contribution in [0.2, 0.25) is 0 Å². The number of allylic oxidation sites excluding steroid dienone is 16. The van der Waals surface area contributed by atoms with Crippen molar-refractivity contribution in [3.63, 3.8) is 0 Å². The molecule has 0 aliphatic carbocycles. The third kappa shape index (κ3) is 25.8. The second-order valence-corrected chi connectivity index (χ2v) is 13.6. The molecule has 1 N–H and O–H groups in total. The van der Waals surface area contributed by atoms with Gasteiger partial charge in [0.2, 0.25) is 0 Å². The van der Waals surface area contributed by atoms with Gasteiger partial charge in [-0.05, 0) is 159 Å². The topological polar surface area (TPSA) is 37.3 Å². The van der Waals surface area contributed by atoms with E-state index >= 15 is 0 Å². The number of hydrogen-bond acceptors (Lipinski definition) is 1. The predicted molar refractivity (Wildman–Crippen MR) is 197 cm³/mol. The van der Waals surface area contributed by atoms with Gasteiger partial charge in [0.25, 0.3) is 0 Å². The highest BCUT2D eigenvalue weighted by Crippen LogP contribution is 2.19. The first-order chi connectivity index (χ1) is 20.8. The van der Waals surface area contributed by atoms with E-state index in [1.807, 2.05) is 0 Å². The SMILES string of the molecule is CC(C)=CCCC(C)=CCCC(C)=CCCC(C)=CCC(CC=C(C)CCC=C(C)CCC=C(C)CCC=C(C)C)C(=O)O. The molecule has 0 aromatic carbocycles. The van der Waals surface area contributed by atoms with Crippen LogP contribution in [-0.4, -0.2) is 11.1 Å². The Hall–Kier alpha value is -2.61. The molecule has 44 heavy (non-hydrogen) atoms. The van der Waals surface area contributed by atoms with Crippen LogP contribution in [0.4, 0.5) is 0 Å². The third-order valence-corrected chi connectivity index (χ3v) is 8.16. The van der Waals surface area contributed by atoms with E-state index < -0.39 is 5.97 Å². The number of aliphatic carboxylic acids is 1. The summed E-state index contributed by atoms with van der Waals surface area (Å²) in [4.78, 5) is 11.9. The molecule has 0 radical (unpaired) electrons. The van der Waals surface area contributed by atoms with Gasteiger partial charge in [0.05, 0.1) is 5.92 Å². The molecule has 0 aliphatic rings. The lowest BCUT2D eigenvalue weighted by molar-refractivity contribution is -0.141. The van der Waals surface area contributed by atoms with E-state index in [9.17, 15) is 9.90 Å². The van der Waals surface area contributed by atoms with Crippen LogP contribution >= 0.6 is 0 Å². The molecule has 2 nitrogen and oxygen atoms in total. The lowest BCUT2D eigenvalue weighted by atomic mass is 9.96. The highest BCUT2D eigenvalue weighted by atomic mass is 16.4. The first-order valence-electron chi connectivity index (χ1n) is 17.2. The molecule has 0 saturated carbocycles. The molecule has 0 saturated heterocycles. The molecule has 2 heteroatoms. The Balaban J connectivity index is 4.52. The maximum Gasteiger partial charge on any atom is 0.307 e. The van der Waals surface area contributed by atoms with Gasteiger partial charge in [0.15, 0.2) is 0 Å². The molecular weight excluding hydrogens is 536 g/mol. The van der Waals surface area contributed by atoms with Crippen LogP contribution in [0, 0.1) is 5.92 Å². The van der Waals surface area contributed by atoms with Crippen molar-refractivity contribution in [3.05, 3.63) is 93.2 Å². The fourth-order valence-electron chi connectivity index (χ4n) is 4.96. The molecule has 0 amide bonds. The van der Waals surface area contributed by atoms with Crippen LogP contribution in [0.1, 0.15) is 159 Å². The highest BCUT2D eigenvalue weighted by Gasteiger charge is 2.14. The molecule has 0 bridgehead atoms. The van der Waals surface area contributed by atoms with Crippen LogP contribution < -0.4 is 0 Å². The zero-order valence-corrected chi connectivity index (χ0v) is 30.5. The summed E-state index contributed by atoms with van der Waals surface area (Å²) in [5, 5.41) is 9.79. The quantitative estimate of drug-likeness (QED) is 0.118. The van der Waals surface area contributed by atoms with Crippen molar-refractivity contribution in [1.29, 1.82) is 0 Å². The molecule has 0 atom stereocenters. The summed E-state index contributed by atoms with van der Waals surface area (Å²) < 4.78 is 0. The first kappa shape index (κ1) is 41.4. The van der Waals surface area contributed by atoms with Crippen molar-refractivity contribution in [1.82, 2.24) is 0 Å². The fraction of sp³-hybridized carbons (Fsp3) is 0.595. The first-order valence-corrected chi connectivity index (χ1v) is 17.2. The Morgan fingerprint density at radius 3 is 0.864 bits per heavy atom. The van der Waals surface area contributed by atoms with E-state index in [2.05, 4.69) is 118 Å². The lowest BCUT2D eigenvalue weighted by Crippen LogP contribution is -2.12. The molecule has 0 fully saturated rings. The summed E-state index contributed by atoms with van der Waals surface area (Å²) in [6, 6.07) is 0. The van der Waals surface area contributed by atoms with Crippen LogP contribution in [0.3, 0.4) is 0 Å². The molecule has 0 spiro atoms. The Morgan fingerprint density at radius 2 is 0.636 bits per heavy atom. The van der Waals surface area contributed by atoms with Crippen molar-refractivity contribution >= 4 is 5.97 Å². The maximum absolute atomic E-state index is 11.9. The van der Waals surface area contributed by atoms with Gasteiger partial charge in [-0.25, -0.2) is 0 Å². The van der Waals surface area contributed by atoms with E-state index in [-0.39, 0.29) is 5.92 Å². The van der Waals surface area contributed by atoms with Crippen LogP contribution in [0.15, 0.2) is 93.2 Å². The van der Waals surface area contributed by atoms with Gasteiger partial charge in [-0.3, -0.25) is 4.79 Å². The second-order valence-electron chi connectivity index (χ2n) is 13.6. The monoisotopic (exact) mass is 605 g/mol. The van der Waals surface area contributed by atoms with Crippen molar-refractivity contribution in [3.8, 4) is 0 Å². The van der Waals surface area contributed by atoms with Gasteiger partial charge in [-0.15, -0.1) is 0 Å². The number of carboxylic acid groups (broad SMARTS) is 1. The van der Waals surface area contributed by atoms with E-state index in [4.69, 9.17) is 0 Å². The summed E-state index contributed by atoms with van der Waals surface area (Å²) >= 11 is 0. The Bertz CT molecular complexity index is 993. The van der Waals surface area contributed by atoms with Crippen LogP contribution in [-0.2, 0) is 4.79 Å². The van der Waals surface area contributed by atoms with Gasteiger partial charge < -0.3 is 5.11 Å². The zero-order valence-electron chi connectivity index (χ0n) is 30.5. The summed E-state index contributed by atoms with van der Waals surface area (Å²) in [7, 11) is 0. The molecule has 0 unspecified atom stereocenters. The summed E-state index contributed by atoms with van der Waals surface area (Å²) in [5.74, 6) is -1.05. The van der Waals surface area contributed by atoms with E-state index in [1.54, 1.807) is 0 Å². The van der Waals surface area contributed by atoms with Crippen molar-refractivity contribution in [2.75, 3.05) is 0 Å².